The van der Waals surface area contributed by atoms with Crippen LogP contribution in [0.1, 0.15) is 80.4 Å². The summed E-state index contributed by atoms with van der Waals surface area (Å²) < 4.78 is 17.2. The van der Waals surface area contributed by atoms with Gasteiger partial charge >= 0.3 is 0 Å². The summed E-state index contributed by atoms with van der Waals surface area (Å²) in [6.45, 7) is 22.8. The van der Waals surface area contributed by atoms with Crippen molar-refractivity contribution in [1.29, 1.82) is 0 Å². The van der Waals surface area contributed by atoms with E-state index < -0.39 is 0 Å². The minimum atomic E-state index is -0.130. The molecule has 0 amide bonds. The molecule has 222 valence electrons. The average molecular weight is 565 g/mol. The number of rotatable bonds is 2. The summed E-state index contributed by atoms with van der Waals surface area (Å²) in [4.78, 5) is 4.01. The van der Waals surface area contributed by atoms with Gasteiger partial charge in [0.2, 0.25) is 0 Å². The van der Waals surface area contributed by atoms with Gasteiger partial charge < -0.3 is 34.9 Å². The largest absolute Gasteiger partial charge is 0.506 e. The number of nitrogens with zero attached hydrogens (tertiary/aromatic N) is 1. The van der Waals surface area contributed by atoms with E-state index in [4.69, 9.17) is 19.6 Å². The monoisotopic (exact) mass is 564 g/mol. The molecule has 5 rings (SSSR count). The molecule has 0 unspecified atom stereocenters. The molecule has 41 heavy (non-hydrogen) atoms. The van der Waals surface area contributed by atoms with Crippen LogP contribution in [-0.4, -0.2) is 33.5 Å². The molecule has 0 saturated carbocycles. The highest BCUT2D eigenvalue weighted by Gasteiger charge is 2.42. The maximum absolute atomic E-state index is 10.1. The van der Waals surface area contributed by atoms with E-state index in [1.807, 2.05) is 6.07 Å². The van der Waals surface area contributed by atoms with Gasteiger partial charge in [-0.15, -0.1) is 0 Å². The number of hydrogen-bond donors (Lipinski definition) is 4. The molecule has 2 aliphatic heterocycles. The molecule has 0 radical (unpaired) electrons. The zero-order valence-corrected chi connectivity index (χ0v) is 25.9. The van der Waals surface area contributed by atoms with Gasteiger partial charge in [-0.2, -0.15) is 0 Å². The smallest absolute Gasteiger partial charge is 0.182 e. The molecule has 8 heteroatoms. The highest BCUT2D eigenvalue weighted by molar-refractivity contribution is 5.84. The number of aromatic hydroxyl groups is 3. The molecule has 0 bridgehead atoms. The van der Waals surface area contributed by atoms with Gasteiger partial charge in [-0.1, -0.05) is 69.2 Å². The van der Waals surface area contributed by atoms with Gasteiger partial charge in [0.25, 0.3) is 0 Å². The van der Waals surface area contributed by atoms with E-state index in [-0.39, 0.29) is 44.6 Å². The van der Waals surface area contributed by atoms with Crippen molar-refractivity contribution in [2.75, 3.05) is 18.9 Å². The second-order valence-electron chi connectivity index (χ2n) is 14.4. The molecule has 5 N–H and O–H groups in total. The van der Waals surface area contributed by atoms with Crippen LogP contribution in [0.2, 0.25) is 0 Å². The van der Waals surface area contributed by atoms with Crippen LogP contribution in [0.3, 0.4) is 0 Å². The zero-order valence-electron chi connectivity index (χ0n) is 25.9. The Bertz CT molecular complexity index is 1520. The molecule has 0 saturated heterocycles. The van der Waals surface area contributed by atoms with Crippen LogP contribution < -0.4 is 5.73 Å². The third-order valence-corrected chi connectivity index (χ3v) is 7.54. The fourth-order valence-corrected chi connectivity index (χ4v) is 6.41. The van der Waals surface area contributed by atoms with Gasteiger partial charge in [-0.3, -0.25) is 0 Å². The first-order chi connectivity index (χ1) is 18.7. The molecular weight excluding hydrogens is 520 g/mol. The lowest BCUT2D eigenvalue weighted by molar-refractivity contribution is 0.213. The molecule has 0 aliphatic carbocycles. The van der Waals surface area contributed by atoms with E-state index >= 15 is 0 Å². The quantitative estimate of drug-likeness (QED) is 0.183. The number of hydrogen-bond acceptors (Lipinski definition) is 8. The van der Waals surface area contributed by atoms with E-state index in [0.29, 0.717) is 29.9 Å². The molecule has 8 nitrogen and oxygen atoms in total. The summed E-state index contributed by atoms with van der Waals surface area (Å²) in [5, 5.41) is 29.7. The summed E-state index contributed by atoms with van der Waals surface area (Å²) in [7, 11) is 0. The fraction of sp³-hybridized carbons (Fsp3) is 0.485. The van der Waals surface area contributed by atoms with Crippen LogP contribution in [0.15, 0.2) is 46.2 Å². The Balaban J connectivity index is 0.000000189. The third kappa shape index (κ3) is 5.69. The number of oxazole rings is 1. The first kappa shape index (κ1) is 30.2. The Morgan fingerprint density at radius 3 is 1.56 bits per heavy atom. The van der Waals surface area contributed by atoms with Crippen LogP contribution in [-0.2, 0) is 9.47 Å². The van der Waals surface area contributed by atoms with Crippen molar-refractivity contribution in [1.82, 2.24) is 4.98 Å². The third-order valence-electron chi connectivity index (χ3n) is 7.54. The Morgan fingerprint density at radius 1 is 0.707 bits per heavy atom. The number of anilines is 1. The zero-order chi connectivity index (χ0) is 30.7. The van der Waals surface area contributed by atoms with Crippen LogP contribution >= 0.6 is 0 Å². The van der Waals surface area contributed by atoms with Crippen molar-refractivity contribution in [3.05, 3.63) is 52.9 Å². The number of phenols is 3. The second-order valence-corrected chi connectivity index (χ2v) is 14.4. The number of nitrogen functional groups attached to an aromatic ring is 1. The highest BCUT2D eigenvalue weighted by atomic mass is 16.5. The Morgan fingerprint density at radius 2 is 1.12 bits per heavy atom. The number of benzene rings is 2. The SMILES string of the molecule is CC(C)(C)C1=C(c2cc(O)c(N)c(O)c2)OCC1(C)C.CC(C)(C)C1=C(c2cc(O)c3ncoc3c2)OCC1(C)C. The van der Waals surface area contributed by atoms with Crippen molar-refractivity contribution in [3.63, 3.8) is 0 Å². The number of ether oxygens (including phenoxy) is 2. The standard InChI is InChI=1S/C17H21NO3.C16H23NO3/c1-16(2,3)15-14(20-8-17(15,4)5)10-6-11(19)13-12(7-10)21-9-18-13;1-15(2,3)14-13(20-8-16(14,4)5)9-6-10(18)12(17)11(19)7-9/h6-7,9,19H,8H2,1-5H3;6-7,18-19H,8,17H2,1-5H3. The molecular formula is C33H44N2O6. The maximum Gasteiger partial charge on any atom is 0.182 e. The summed E-state index contributed by atoms with van der Waals surface area (Å²) in [5.74, 6) is 1.43. The van der Waals surface area contributed by atoms with Gasteiger partial charge in [0.15, 0.2) is 17.5 Å². The number of nitrogens with two attached hydrogens (primary N) is 1. The van der Waals surface area contributed by atoms with Gasteiger partial charge in [-0.05, 0) is 46.2 Å². The van der Waals surface area contributed by atoms with Crippen LogP contribution in [0, 0.1) is 21.7 Å². The van der Waals surface area contributed by atoms with E-state index in [2.05, 4.69) is 74.2 Å². The second kappa shape index (κ2) is 9.93. The lowest BCUT2D eigenvalue weighted by Gasteiger charge is -2.30. The Kier molecular flexibility index (Phi) is 7.30. The highest BCUT2D eigenvalue weighted by Crippen LogP contribution is 2.51. The topological polar surface area (TPSA) is 131 Å². The molecule has 1 aromatic heterocycles. The Labute approximate surface area is 242 Å². The van der Waals surface area contributed by atoms with E-state index in [1.54, 1.807) is 6.07 Å². The van der Waals surface area contributed by atoms with E-state index in [1.165, 1.54) is 29.7 Å². The van der Waals surface area contributed by atoms with Crippen molar-refractivity contribution < 1.29 is 29.2 Å². The van der Waals surface area contributed by atoms with Gasteiger partial charge in [-0.25, -0.2) is 4.98 Å². The van der Waals surface area contributed by atoms with Crippen molar-refractivity contribution >= 4 is 28.3 Å². The molecule has 0 spiro atoms. The first-order valence-electron chi connectivity index (χ1n) is 13.9. The lowest BCUT2D eigenvalue weighted by Crippen LogP contribution is -2.24. The number of aromatic nitrogens is 1. The predicted octanol–water partition coefficient (Wildman–Crippen LogP) is 7.84. The molecule has 0 atom stereocenters. The number of fused-ring (bicyclic) bond motifs is 1. The van der Waals surface area contributed by atoms with Crippen LogP contribution in [0.25, 0.3) is 22.6 Å². The van der Waals surface area contributed by atoms with Crippen molar-refractivity contribution in [2.45, 2.75) is 69.2 Å². The molecule has 0 fully saturated rings. The van der Waals surface area contributed by atoms with Crippen LogP contribution in [0.5, 0.6) is 17.2 Å². The predicted molar refractivity (Wildman–Crippen MR) is 162 cm³/mol. The summed E-state index contributed by atoms with van der Waals surface area (Å²) in [6, 6.07) is 6.66. The van der Waals surface area contributed by atoms with Crippen molar-refractivity contribution in [2.24, 2.45) is 21.7 Å². The average Bonchev–Trinajstić information content (AvgIpc) is 3.51. The first-order valence-corrected chi connectivity index (χ1v) is 13.9. The minimum absolute atomic E-state index is 0.0103. The van der Waals surface area contributed by atoms with Gasteiger partial charge in [0.1, 0.15) is 34.5 Å². The molecule has 3 aromatic rings. The fourth-order valence-electron chi connectivity index (χ4n) is 6.41. The lowest BCUT2D eigenvalue weighted by atomic mass is 9.71. The maximum atomic E-state index is 10.1. The number of phenolic OH excluding ortho intramolecular Hbond substituents is 3. The minimum Gasteiger partial charge on any atom is -0.506 e. The molecule has 2 aliphatic rings. The normalized spacial score (nSPS) is 18.3. The van der Waals surface area contributed by atoms with E-state index in [0.717, 1.165) is 17.1 Å². The van der Waals surface area contributed by atoms with Crippen LogP contribution in [0.4, 0.5) is 5.69 Å². The van der Waals surface area contributed by atoms with Gasteiger partial charge in [0, 0.05) is 22.0 Å². The summed E-state index contributed by atoms with van der Waals surface area (Å²) in [5.41, 5.74) is 10.3. The Hall–Kier alpha value is -3.81. The van der Waals surface area contributed by atoms with Crippen molar-refractivity contribution in [3.8, 4) is 17.2 Å². The molecule has 2 aromatic carbocycles. The van der Waals surface area contributed by atoms with Gasteiger partial charge in [0.05, 0.1) is 13.2 Å². The van der Waals surface area contributed by atoms with E-state index in [9.17, 15) is 15.3 Å². The summed E-state index contributed by atoms with van der Waals surface area (Å²) >= 11 is 0. The molecule has 3 heterocycles. The summed E-state index contributed by atoms with van der Waals surface area (Å²) in [6.07, 6.45) is 1.34.